The van der Waals surface area contributed by atoms with Crippen LogP contribution in [0.3, 0.4) is 0 Å². The minimum absolute atomic E-state index is 0.0119. The van der Waals surface area contributed by atoms with Gasteiger partial charge in [0.1, 0.15) is 17.2 Å². The van der Waals surface area contributed by atoms with Crippen LogP contribution in [0.5, 0.6) is 0 Å². The lowest BCUT2D eigenvalue weighted by molar-refractivity contribution is -0.157. The largest absolute Gasteiger partial charge is 0.465 e. The Bertz CT molecular complexity index is 893. The van der Waals surface area contributed by atoms with Crippen molar-refractivity contribution >= 4 is 23.5 Å². The predicted molar refractivity (Wildman–Crippen MR) is 131 cm³/mol. The third-order valence-electron chi connectivity index (χ3n) is 5.85. The van der Waals surface area contributed by atoms with Crippen molar-refractivity contribution in [3.63, 3.8) is 0 Å². The van der Waals surface area contributed by atoms with Crippen molar-refractivity contribution in [2.75, 3.05) is 26.7 Å². The summed E-state index contributed by atoms with van der Waals surface area (Å²) in [5.74, 6) is -0.845. The molecular formula is C26H39N3O6. The summed E-state index contributed by atoms with van der Waals surface area (Å²) in [7, 11) is 1.32. The van der Waals surface area contributed by atoms with Crippen molar-refractivity contribution in [3.05, 3.63) is 29.6 Å². The molecule has 0 spiro atoms. The van der Waals surface area contributed by atoms with Gasteiger partial charge in [0, 0.05) is 24.8 Å². The first-order chi connectivity index (χ1) is 16.4. The van der Waals surface area contributed by atoms with Gasteiger partial charge in [0.05, 0.1) is 38.0 Å². The van der Waals surface area contributed by atoms with Gasteiger partial charge in [-0.25, -0.2) is 4.79 Å². The number of ether oxygens (including phenoxy) is 2. The van der Waals surface area contributed by atoms with Gasteiger partial charge in [-0.3, -0.25) is 29.2 Å². The molecule has 0 N–H and O–H groups in total. The Morgan fingerprint density at radius 1 is 0.943 bits per heavy atom. The molecule has 1 heterocycles. The van der Waals surface area contributed by atoms with E-state index in [0.29, 0.717) is 17.8 Å². The van der Waals surface area contributed by atoms with Crippen molar-refractivity contribution in [2.24, 2.45) is 0 Å². The normalized spacial score (nSPS) is 18.4. The fraction of sp³-hybridized carbons (Fsp3) is 0.654. The first kappa shape index (κ1) is 28.6. The summed E-state index contributed by atoms with van der Waals surface area (Å²) in [6.45, 7) is 9.29. The van der Waals surface area contributed by atoms with Gasteiger partial charge in [0.15, 0.2) is 0 Å². The molecule has 0 radical (unpaired) electrons. The fourth-order valence-electron chi connectivity index (χ4n) is 4.60. The number of Topliss-reactive ketones (excluding diaryl/α,β-unsaturated/α-hetero) is 2. The van der Waals surface area contributed by atoms with Crippen molar-refractivity contribution in [2.45, 2.75) is 84.5 Å². The van der Waals surface area contributed by atoms with Crippen molar-refractivity contribution in [3.8, 4) is 0 Å². The van der Waals surface area contributed by atoms with Crippen molar-refractivity contribution in [1.29, 1.82) is 0 Å². The van der Waals surface area contributed by atoms with Crippen LogP contribution in [0, 0.1) is 0 Å². The van der Waals surface area contributed by atoms with Gasteiger partial charge in [-0.15, -0.1) is 0 Å². The lowest BCUT2D eigenvalue weighted by Gasteiger charge is -2.44. The van der Waals surface area contributed by atoms with E-state index in [9.17, 15) is 19.2 Å². The van der Waals surface area contributed by atoms with Crippen LogP contribution in [0.1, 0.15) is 76.4 Å². The standard InChI is InChI=1S/C26H39N3O6/c1-18(30)14-28(16-21-12-11-20(13-27-21)25(33)34-6)22-9-7-8-10-23(22)29(15-19(2)31)17-24(32)35-26(3,4)5/h11-13,22-23H,7-10,14-17H2,1-6H3/t22-,23?/m0/s1. The maximum atomic E-state index is 12.7. The number of hydrogen-bond acceptors (Lipinski definition) is 9. The molecule has 0 aromatic carbocycles. The van der Waals surface area contributed by atoms with Crippen LogP contribution in [0.25, 0.3) is 0 Å². The van der Waals surface area contributed by atoms with E-state index in [1.807, 2.05) is 25.7 Å². The van der Waals surface area contributed by atoms with Gasteiger partial charge in [0.25, 0.3) is 0 Å². The van der Waals surface area contributed by atoms with Crippen LogP contribution in [0.2, 0.25) is 0 Å². The monoisotopic (exact) mass is 489 g/mol. The lowest BCUT2D eigenvalue weighted by Crippen LogP contribution is -2.56. The molecule has 1 aliphatic carbocycles. The molecule has 0 saturated heterocycles. The number of esters is 2. The molecule has 1 aromatic rings. The Morgan fingerprint density at radius 3 is 2.00 bits per heavy atom. The highest BCUT2D eigenvalue weighted by Crippen LogP contribution is 2.29. The zero-order valence-electron chi connectivity index (χ0n) is 21.8. The second kappa shape index (κ2) is 12.9. The Balaban J connectivity index is 2.29. The molecule has 2 rings (SSSR count). The summed E-state index contributed by atoms with van der Waals surface area (Å²) in [5, 5.41) is 0. The van der Waals surface area contributed by atoms with E-state index in [1.54, 1.807) is 19.1 Å². The highest BCUT2D eigenvalue weighted by atomic mass is 16.6. The maximum absolute atomic E-state index is 12.7. The van der Waals surface area contributed by atoms with Crippen molar-refractivity contribution in [1.82, 2.24) is 14.8 Å². The summed E-state index contributed by atoms with van der Waals surface area (Å²) in [6, 6.07) is 3.28. The summed E-state index contributed by atoms with van der Waals surface area (Å²) in [6.07, 6.45) is 5.08. The second-order valence-corrected chi connectivity index (χ2v) is 10.2. The molecule has 35 heavy (non-hydrogen) atoms. The number of aromatic nitrogens is 1. The van der Waals surface area contributed by atoms with Crippen LogP contribution >= 0.6 is 0 Å². The van der Waals surface area contributed by atoms with Crippen LogP contribution in [0.4, 0.5) is 0 Å². The number of hydrogen-bond donors (Lipinski definition) is 0. The second-order valence-electron chi connectivity index (χ2n) is 10.2. The number of rotatable bonds is 11. The smallest absolute Gasteiger partial charge is 0.339 e. The fourth-order valence-corrected chi connectivity index (χ4v) is 4.60. The topological polar surface area (TPSA) is 106 Å². The van der Waals surface area contributed by atoms with Crippen LogP contribution in [-0.2, 0) is 30.4 Å². The average molecular weight is 490 g/mol. The van der Waals surface area contributed by atoms with E-state index in [4.69, 9.17) is 9.47 Å². The average Bonchev–Trinajstić information content (AvgIpc) is 2.76. The van der Waals surface area contributed by atoms with Gasteiger partial charge in [-0.05, 0) is 59.6 Å². The zero-order valence-corrected chi connectivity index (χ0v) is 21.8. The number of carbonyl (C=O) groups excluding carboxylic acids is 4. The molecule has 2 atom stereocenters. The molecule has 9 heteroatoms. The van der Waals surface area contributed by atoms with E-state index < -0.39 is 11.6 Å². The Kier molecular flexibility index (Phi) is 10.5. The lowest BCUT2D eigenvalue weighted by atomic mass is 9.87. The molecular weight excluding hydrogens is 450 g/mol. The summed E-state index contributed by atoms with van der Waals surface area (Å²) in [5.41, 5.74) is 0.455. The minimum atomic E-state index is -0.617. The van der Waals surface area contributed by atoms with Gasteiger partial charge in [0.2, 0.25) is 0 Å². The number of pyridine rings is 1. The van der Waals surface area contributed by atoms with E-state index in [0.717, 1.165) is 25.7 Å². The highest BCUT2D eigenvalue weighted by molar-refractivity contribution is 5.88. The Labute approximate surface area is 208 Å². The van der Waals surface area contributed by atoms with Gasteiger partial charge >= 0.3 is 11.9 Å². The first-order valence-electron chi connectivity index (χ1n) is 12.1. The van der Waals surface area contributed by atoms with Crippen LogP contribution < -0.4 is 0 Å². The number of nitrogens with zero attached hydrogens (tertiary/aromatic N) is 3. The number of methoxy groups -OCH3 is 1. The van der Waals surface area contributed by atoms with E-state index in [2.05, 4.69) is 9.88 Å². The third-order valence-corrected chi connectivity index (χ3v) is 5.85. The number of carbonyl (C=O) groups is 4. The predicted octanol–water partition coefficient (Wildman–Crippen LogP) is 2.80. The zero-order chi connectivity index (χ0) is 26.2. The van der Waals surface area contributed by atoms with E-state index in [-0.39, 0.29) is 49.3 Å². The van der Waals surface area contributed by atoms with Gasteiger partial charge in [-0.1, -0.05) is 12.8 Å². The highest BCUT2D eigenvalue weighted by Gasteiger charge is 2.36. The van der Waals surface area contributed by atoms with Crippen LogP contribution in [-0.4, -0.2) is 82.7 Å². The van der Waals surface area contributed by atoms with Crippen molar-refractivity contribution < 1.29 is 28.7 Å². The Hall–Kier alpha value is -2.65. The minimum Gasteiger partial charge on any atom is -0.465 e. The molecule has 0 bridgehead atoms. The molecule has 0 amide bonds. The third kappa shape index (κ3) is 9.49. The molecule has 1 aromatic heterocycles. The molecule has 1 fully saturated rings. The summed E-state index contributed by atoms with van der Waals surface area (Å²) in [4.78, 5) is 57.1. The molecule has 194 valence electrons. The van der Waals surface area contributed by atoms with Crippen LogP contribution in [0.15, 0.2) is 18.3 Å². The molecule has 9 nitrogen and oxygen atoms in total. The quantitative estimate of drug-likeness (QED) is 0.434. The summed E-state index contributed by atoms with van der Waals surface area (Å²) >= 11 is 0. The summed E-state index contributed by atoms with van der Waals surface area (Å²) < 4.78 is 10.3. The number of ketones is 2. The SMILES string of the molecule is COC(=O)c1ccc(CN(CC(C)=O)[C@H]2CCCCC2N(CC(C)=O)CC(=O)OC(C)(C)C)nc1. The molecule has 1 saturated carbocycles. The van der Waals surface area contributed by atoms with E-state index >= 15 is 0 Å². The molecule has 1 unspecified atom stereocenters. The van der Waals surface area contributed by atoms with E-state index in [1.165, 1.54) is 20.2 Å². The maximum Gasteiger partial charge on any atom is 0.339 e. The van der Waals surface area contributed by atoms with Gasteiger partial charge < -0.3 is 9.47 Å². The molecule has 0 aliphatic heterocycles. The first-order valence-corrected chi connectivity index (χ1v) is 12.1. The Morgan fingerprint density at radius 2 is 1.51 bits per heavy atom. The van der Waals surface area contributed by atoms with Gasteiger partial charge in [-0.2, -0.15) is 0 Å². The molecule has 1 aliphatic rings.